The van der Waals surface area contributed by atoms with Gasteiger partial charge in [0.15, 0.2) is 0 Å². The minimum absolute atomic E-state index is 0.0915. The highest BCUT2D eigenvalue weighted by Gasteiger charge is 2.33. The summed E-state index contributed by atoms with van der Waals surface area (Å²) < 4.78 is 17.3. The maximum absolute atomic E-state index is 13.2. The molecule has 9 nitrogen and oxygen atoms in total. The molecule has 2 atom stereocenters. The van der Waals surface area contributed by atoms with Gasteiger partial charge in [0.25, 0.3) is 0 Å². The molecule has 0 radical (unpaired) electrons. The van der Waals surface area contributed by atoms with E-state index in [9.17, 15) is 14.7 Å². The first-order valence-corrected chi connectivity index (χ1v) is 13.3. The van der Waals surface area contributed by atoms with Gasteiger partial charge >= 0.3 is 12.2 Å². The zero-order valence-electron chi connectivity index (χ0n) is 23.3. The van der Waals surface area contributed by atoms with Crippen LogP contribution in [-0.4, -0.2) is 77.1 Å². The van der Waals surface area contributed by atoms with Gasteiger partial charge in [-0.1, -0.05) is 18.2 Å². The van der Waals surface area contributed by atoms with Gasteiger partial charge in [0.2, 0.25) is 0 Å². The number of nitrogens with one attached hydrogen (secondary N) is 1. The zero-order valence-corrected chi connectivity index (χ0v) is 23.3. The molecule has 0 saturated carbocycles. The van der Waals surface area contributed by atoms with E-state index in [-0.39, 0.29) is 24.7 Å². The minimum Gasteiger partial charge on any atom is -0.444 e. The fourth-order valence-electron chi connectivity index (χ4n) is 4.63. The van der Waals surface area contributed by atoms with Gasteiger partial charge in [-0.05, 0) is 83.5 Å². The molecule has 9 heteroatoms. The molecule has 1 aromatic carbocycles. The maximum atomic E-state index is 13.2. The first-order valence-electron chi connectivity index (χ1n) is 13.3. The Morgan fingerprint density at radius 2 is 1.70 bits per heavy atom. The van der Waals surface area contributed by atoms with Crippen molar-refractivity contribution in [1.29, 1.82) is 0 Å². The van der Waals surface area contributed by atoms with E-state index in [0.29, 0.717) is 32.8 Å². The predicted molar refractivity (Wildman–Crippen MR) is 141 cm³/mol. The topological polar surface area (TPSA) is 101 Å². The third-order valence-corrected chi connectivity index (χ3v) is 6.24. The van der Waals surface area contributed by atoms with Gasteiger partial charge in [0, 0.05) is 32.7 Å². The molecule has 2 aliphatic rings. The third kappa shape index (κ3) is 9.79. The Labute approximate surface area is 221 Å². The molecule has 0 aliphatic carbocycles. The van der Waals surface area contributed by atoms with Crippen LogP contribution in [-0.2, 0) is 34.0 Å². The Balaban J connectivity index is 1.71. The van der Waals surface area contributed by atoms with E-state index in [1.165, 1.54) is 0 Å². The molecule has 0 spiro atoms. The number of aliphatic hydroxyl groups is 1. The fraction of sp³-hybridized carbons (Fsp3) is 0.714. The van der Waals surface area contributed by atoms with Crippen molar-refractivity contribution >= 4 is 12.2 Å². The minimum atomic E-state index is -0.630. The summed E-state index contributed by atoms with van der Waals surface area (Å²) >= 11 is 0. The number of aliphatic hydroxyl groups excluding tert-OH is 1. The zero-order chi connectivity index (χ0) is 27.2. The summed E-state index contributed by atoms with van der Waals surface area (Å²) in [5, 5.41) is 13.1. The Kier molecular flexibility index (Phi) is 9.83. The average molecular weight is 520 g/mol. The van der Waals surface area contributed by atoms with Gasteiger partial charge in [-0.25, -0.2) is 9.59 Å². The molecule has 2 heterocycles. The third-order valence-electron chi connectivity index (χ3n) is 6.24. The molecule has 3 rings (SSSR count). The molecular formula is C28H45N3O6. The lowest BCUT2D eigenvalue weighted by atomic mass is 10.0. The first-order chi connectivity index (χ1) is 17.3. The second-order valence-electron chi connectivity index (χ2n) is 12.2. The van der Waals surface area contributed by atoms with Gasteiger partial charge in [-0.15, -0.1) is 0 Å². The van der Waals surface area contributed by atoms with Crippen molar-refractivity contribution in [3.8, 4) is 0 Å². The van der Waals surface area contributed by atoms with E-state index in [2.05, 4.69) is 5.32 Å². The molecule has 37 heavy (non-hydrogen) atoms. The number of amides is 2. The highest BCUT2D eigenvalue weighted by molar-refractivity contribution is 5.69. The Morgan fingerprint density at radius 3 is 2.32 bits per heavy atom. The molecular weight excluding hydrogens is 474 g/mol. The van der Waals surface area contributed by atoms with Crippen molar-refractivity contribution in [2.24, 2.45) is 5.92 Å². The molecule has 208 valence electrons. The van der Waals surface area contributed by atoms with Gasteiger partial charge in [-0.3, -0.25) is 0 Å². The maximum Gasteiger partial charge on any atom is 0.410 e. The molecule has 1 aromatic rings. The molecule has 2 saturated heterocycles. The van der Waals surface area contributed by atoms with Gasteiger partial charge < -0.3 is 34.4 Å². The van der Waals surface area contributed by atoms with Crippen LogP contribution in [0.1, 0.15) is 71.1 Å². The number of hydrogen-bond acceptors (Lipinski definition) is 7. The van der Waals surface area contributed by atoms with Crippen molar-refractivity contribution < 1.29 is 28.9 Å². The number of benzene rings is 1. The van der Waals surface area contributed by atoms with E-state index in [1.807, 2.05) is 59.7 Å². The first kappa shape index (κ1) is 29.2. The number of likely N-dealkylation sites (tertiary alicyclic amines) is 1. The highest BCUT2D eigenvalue weighted by atomic mass is 16.6. The van der Waals surface area contributed by atoms with Crippen molar-refractivity contribution in [2.75, 3.05) is 32.7 Å². The molecule has 0 bridgehead atoms. The predicted octanol–water partition coefficient (Wildman–Crippen LogP) is 4.05. The standard InChI is InChI=1S/C28H45N3O6/c1-27(2,3)36-25(33)30-10-8-20(15-30)16-31(26(34)37-28(4,5)6)17-21-11-22(18-32)13-23(12-21)19-35-24-7-9-29-14-24/h11-13,20,24,29,32H,7-10,14-19H2,1-6H3. The Morgan fingerprint density at radius 1 is 1.03 bits per heavy atom. The van der Waals surface area contributed by atoms with Crippen LogP contribution >= 0.6 is 0 Å². The van der Waals surface area contributed by atoms with Gasteiger partial charge in [-0.2, -0.15) is 0 Å². The second kappa shape index (κ2) is 12.5. The summed E-state index contributed by atoms with van der Waals surface area (Å²) in [6.45, 7) is 15.2. The lowest BCUT2D eigenvalue weighted by molar-refractivity contribution is 0.0196. The summed E-state index contributed by atoms with van der Waals surface area (Å²) in [6.07, 6.45) is 1.24. The Bertz CT molecular complexity index is 917. The average Bonchev–Trinajstić information content (AvgIpc) is 3.47. The fourth-order valence-corrected chi connectivity index (χ4v) is 4.63. The summed E-state index contributed by atoms with van der Waals surface area (Å²) in [6, 6.07) is 5.89. The normalized spacial score (nSPS) is 20.2. The van der Waals surface area contributed by atoms with Crippen LogP contribution < -0.4 is 5.32 Å². The van der Waals surface area contributed by atoms with Crippen molar-refractivity contribution in [3.63, 3.8) is 0 Å². The number of ether oxygens (including phenoxy) is 3. The molecule has 2 aliphatic heterocycles. The molecule has 0 aromatic heterocycles. The summed E-state index contributed by atoms with van der Waals surface area (Å²) in [5.74, 6) is 0.110. The highest BCUT2D eigenvalue weighted by Crippen LogP contribution is 2.24. The van der Waals surface area contributed by atoms with Crippen LogP contribution in [0.5, 0.6) is 0 Å². The van der Waals surface area contributed by atoms with E-state index in [0.717, 1.165) is 42.6 Å². The van der Waals surface area contributed by atoms with Crippen LogP contribution in [0.3, 0.4) is 0 Å². The quantitative estimate of drug-likeness (QED) is 0.534. The van der Waals surface area contributed by atoms with Crippen LogP contribution in [0.4, 0.5) is 9.59 Å². The SMILES string of the molecule is CC(C)(C)OC(=O)N1CCC(CN(Cc2cc(CO)cc(COC3CCNC3)c2)C(=O)OC(C)(C)C)C1. The van der Waals surface area contributed by atoms with Crippen molar-refractivity contribution in [3.05, 3.63) is 34.9 Å². The molecule has 2 fully saturated rings. The van der Waals surface area contributed by atoms with E-state index in [4.69, 9.17) is 14.2 Å². The lowest BCUT2D eigenvalue weighted by Gasteiger charge is -2.30. The second-order valence-corrected chi connectivity index (χ2v) is 12.2. The van der Waals surface area contributed by atoms with E-state index < -0.39 is 17.3 Å². The summed E-state index contributed by atoms with van der Waals surface area (Å²) in [4.78, 5) is 29.2. The Hall–Kier alpha value is -2.36. The van der Waals surface area contributed by atoms with Crippen molar-refractivity contribution in [1.82, 2.24) is 15.1 Å². The van der Waals surface area contributed by atoms with Crippen LogP contribution in [0.15, 0.2) is 18.2 Å². The smallest absolute Gasteiger partial charge is 0.410 e. The number of nitrogens with zero attached hydrogens (tertiary/aromatic N) is 2. The van der Waals surface area contributed by atoms with E-state index >= 15 is 0 Å². The van der Waals surface area contributed by atoms with Crippen LogP contribution in [0.25, 0.3) is 0 Å². The lowest BCUT2D eigenvalue weighted by Crippen LogP contribution is -2.40. The van der Waals surface area contributed by atoms with Gasteiger partial charge in [0.05, 0.1) is 19.3 Å². The van der Waals surface area contributed by atoms with E-state index in [1.54, 1.807) is 9.80 Å². The molecule has 2 N–H and O–H groups in total. The monoisotopic (exact) mass is 519 g/mol. The largest absolute Gasteiger partial charge is 0.444 e. The van der Waals surface area contributed by atoms with Gasteiger partial charge in [0.1, 0.15) is 11.2 Å². The van der Waals surface area contributed by atoms with Crippen LogP contribution in [0, 0.1) is 5.92 Å². The summed E-state index contributed by atoms with van der Waals surface area (Å²) in [5.41, 5.74) is 1.47. The number of carbonyl (C=O) groups excluding carboxylic acids is 2. The number of hydrogen-bond donors (Lipinski definition) is 2. The molecule has 2 unspecified atom stereocenters. The number of rotatable bonds is 8. The van der Waals surface area contributed by atoms with Crippen molar-refractivity contribution in [2.45, 2.75) is 91.4 Å². The molecule has 2 amide bonds. The summed E-state index contributed by atoms with van der Waals surface area (Å²) in [7, 11) is 0. The number of carbonyl (C=O) groups is 2. The van der Waals surface area contributed by atoms with Crippen LogP contribution in [0.2, 0.25) is 0 Å².